The van der Waals surface area contributed by atoms with Crippen LogP contribution in [0.25, 0.3) is 0 Å². The molecule has 1 aliphatic heterocycles. The molecule has 1 N–H and O–H groups in total. The Morgan fingerprint density at radius 3 is 2.64 bits per heavy atom. The van der Waals surface area contributed by atoms with Crippen LogP contribution in [0.1, 0.15) is 34.2 Å². The van der Waals surface area contributed by atoms with Gasteiger partial charge >= 0.3 is 0 Å². The van der Waals surface area contributed by atoms with E-state index in [1.54, 1.807) is 30.3 Å². The molecule has 1 aromatic carbocycles. The third-order valence-electron chi connectivity index (χ3n) is 4.22. The fourth-order valence-electron chi connectivity index (χ4n) is 2.81. The van der Waals surface area contributed by atoms with E-state index < -0.39 is 9.84 Å². The van der Waals surface area contributed by atoms with Gasteiger partial charge in [-0.2, -0.15) is 0 Å². The predicted octanol–water partition coefficient (Wildman–Crippen LogP) is 1.98. The SMILES string of the molecule is Cc1ccc(C(=O)N[C@@H]2CCS(=O)(=O)c3ccccc32)n1C. The van der Waals surface area contributed by atoms with Crippen molar-refractivity contribution in [3.63, 3.8) is 0 Å². The highest BCUT2D eigenvalue weighted by molar-refractivity contribution is 7.91. The minimum atomic E-state index is -3.24. The molecule has 5 nitrogen and oxygen atoms in total. The number of nitrogens with zero attached hydrogens (tertiary/aromatic N) is 1. The summed E-state index contributed by atoms with van der Waals surface area (Å²) in [5, 5.41) is 2.96. The Balaban J connectivity index is 1.91. The van der Waals surface area contributed by atoms with E-state index in [0.29, 0.717) is 22.6 Å². The molecule has 0 saturated heterocycles. The molecule has 0 spiro atoms. The van der Waals surface area contributed by atoms with Crippen LogP contribution in [-0.4, -0.2) is 24.6 Å². The molecular weight excluding hydrogens is 300 g/mol. The minimum Gasteiger partial charge on any atom is -0.344 e. The Morgan fingerprint density at radius 2 is 1.95 bits per heavy atom. The standard InChI is InChI=1S/C16H18N2O3S/c1-11-7-8-14(18(11)2)16(19)17-13-9-10-22(20,21)15-6-4-3-5-12(13)15/h3-8,13H,9-10H2,1-2H3,(H,17,19)/t13-/m1/s1. The smallest absolute Gasteiger partial charge is 0.268 e. The number of rotatable bonds is 2. The molecule has 0 radical (unpaired) electrons. The zero-order chi connectivity index (χ0) is 15.9. The third-order valence-corrected chi connectivity index (χ3v) is 6.03. The second kappa shape index (κ2) is 5.28. The molecule has 22 heavy (non-hydrogen) atoms. The summed E-state index contributed by atoms with van der Waals surface area (Å²) in [5.41, 5.74) is 2.24. The molecule has 1 aromatic heterocycles. The Kier molecular flexibility index (Phi) is 3.56. The van der Waals surface area contributed by atoms with Gasteiger partial charge < -0.3 is 9.88 Å². The maximum atomic E-state index is 12.4. The topological polar surface area (TPSA) is 68.2 Å². The number of aryl methyl sites for hydroxylation is 1. The summed E-state index contributed by atoms with van der Waals surface area (Å²) in [6, 6.07) is 10.3. The summed E-state index contributed by atoms with van der Waals surface area (Å²) < 4.78 is 26.1. The number of carbonyl (C=O) groups excluding carboxylic acids is 1. The van der Waals surface area contributed by atoms with Gasteiger partial charge in [-0.3, -0.25) is 4.79 Å². The Hall–Kier alpha value is -2.08. The van der Waals surface area contributed by atoms with E-state index in [9.17, 15) is 13.2 Å². The van der Waals surface area contributed by atoms with Crippen molar-refractivity contribution in [2.75, 3.05) is 5.75 Å². The summed E-state index contributed by atoms with van der Waals surface area (Å²) in [7, 11) is -1.40. The minimum absolute atomic E-state index is 0.0567. The van der Waals surface area contributed by atoms with Crippen LogP contribution in [0, 0.1) is 6.92 Å². The van der Waals surface area contributed by atoms with Crippen LogP contribution in [0.3, 0.4) is 0 Å². The number of benzene rings is 1. The zero-order valence-corrected chi connectivity index (χ0v) is 13.4. The van der Waals surface area contributed by atoms with E-state index in [2.05, 4.69) is 5.32 Å². The highest BCUT2D eigenvalue weighted by Gasteiger charge is 2.31. The Morgan fingerprint density at radius 1 is 1.23 bits per heavy atom. The van der Waals surface area contributed by atoms with Gasteiger partial charge in [0.15, 0.2) is 9.84 Å². The van der Waals surface area contributed by atoms with Gasteiger partial charge in [0.1, 0.15) is 5.69 Å². The second-order valence-electron chi connectivity index (χ2n) is 5.59. The molecule has 1 atom stereocenters. The first-order valence-electron chi connectivity index (χ1n) is 7.15. The highest BCUT2D eigenvalue weighted by atomic mass is 32.2. The van der Waals surface area contributed by atoms with Crippen LogP contribution in [0.4, 0.5) is 0 Å². The molecule has 0 aliphatic carbocycles. The summed E-state index contributed by atoms with van der Waals surface area (Å²) in [4.78, 5) is 12.8. The number of fused-ring (bicyclic) bond motifs is 1. The van der Waals surface area contributed by atoms with Crippen LogP contribution >= 0.6 is 0 Å². The number of hydrogen-bond acceptors (Lipinski definition) is 3. The van der Waals surface area contributed by atoms with Crippen LogP contribution in [0.2, 0.25) is 0 Å². The number of carbonyl (C=O) groups is 1. The van der Waals surface area contributed by atoms with Crippen molar-refractivity contribution in [2.45, 2.75) is 24.3 Å². The molecule has 1 amide bonds. The maximum Gasteiger partial charge on any atom is 0.268 e. The molecule has 3 rings (SSSR count). The average molecular weight is 318 g/mol. The van der Waals surface area contributed by atoms with Gasteiger partial charge in [0.25, 0.3) is 5.91 Å². The van der Waals surface area contributed by atoms with Gasteiger partial charge in [0.05, 0.1) is 16.7 Å². The van der Waals surface area contributed by atoms with Crippen molar-refractivity contribution < 1.29 is 13.2 Å². The lowest BCUT2D eigenvalue weighted by Crippen LogP contribution is -2.34. The molecule has 0 bridgehead atoms. The fraction of sp³-hybridized carbons (Fsp3) is 0.312. The summed E-state index contributed by atoms with van der Waals surface area (Å²) >= 11 is 0. The van der Waals surface area contributed by atoms with Gasteiger partial charge in [0, 0.05) is 12.7 Å². The quantitative estimate of drug-likeness (QED) is 0.920. The number of aromatic nitrogens is 1. The first-order chi connectivity index (χ1) is 10.4. The van der Waals surface area contributed by atoms with E-state index in [1.165, 1.54) is 0 Å². The van der Waals surface area contributed by atoms with Crippen molar-refractivity contribution >= 4 is 15.7 Å². The molecule has 0 unspecified atom stereocenters. The van der Waals surface area contributed by atoms with Gasteiger partial charge in [-0.15, -0.1) is 0 Å². The largest absolute Gasteiger partial charge is 0.344 e. The molecule has 1 aliphatic rings. The lowest BCUT2D eigenvalue weighted by Gasteiger charge is -2.26. The molecule has 2 heterocycles. The molecule has 0 saturated carbocycles. The van der Waals surface area contributed by atoms with Crippen molar-refractivity contribution in [1.29, 1.82) is 0 Å². The summed E-state index contributed by atoms with van der Waals surface area (Å²) in [6.07, 6.45) is 0.397. The molecule has 0 fully saturated rings. The van der Waals surface area contributed by atoms with Gasteiger partial charge in [-0.1, -0.05) is 18.2 Å². The normalized spacial score (nSPS) is 19.5. The van der Waals surface area contributed by atoms with Crippen LogP contribution in [0.15, 0.2) is 41.3 Å². The van der Waals surface area contributed by atoms with Gasteiger partial charge in [0.2, 0.25) is 0 Å². The summed E-state index contributed by atoms with van der Waals surface area (Å²) in [6.45, 7) is 1.93. The van der Waals surface area contributed by atoms with Crippen molar-refractivity contribution in [2.24, 2.45) is 7.05 Å². The first kappa shape index (κ1) is 14.8. The number of nitrogens with one attached hydrogen (secondary N) is 1. The lowest BCUT2D eigenvalue weighted by atomic mass is 10.0. The molecule has 6 heteroatoms. The third kappa shape index (κ3) is 2.43. The van der Waals surface area contributed by atoms with Crippen LogP contribution < -0.4 is 5.32 Å². The second-order valence-corrected chi connectivity index (χ2v) is 7.67. The monoisotopic (exact) mass is 318 g/mol. The number of amides is 1. The summed E-state index contributed by atoms with van der Waals surface area (Å²) in [5.74, 6) is -0.129. The fourth-order valence-corrected chi connectivity index (χ4v) is 4.43. The van der Waals surface area contributed by atoms with Crippen LogP contribution in [-0.2, 0) is 16.9 Å². The van der Waals surface area contributed by atoms with E-state index in [4.69, 9.17) is 0 Å². The average Bonchev–Trinajstić information content (AvgIpc) is 2.82. The van der Waals surface area contributed by atoms with Crippen LogP contribution in [0.5, 0.6) is 0 Å². The van der Waals surface area contributed by atoms with Crippen molar-refractivity contribution in [3.05, 3.63) is 53.3 Å². The Labute approximate surface area is 129 Å². The van der Waals surface area contributed by atoms with E-state index >= 15 is 0 Å². The molecule has 116 valence electrons. The zero-order valence-electron chi connectivity index (χ0n) is 12.5. The van der Waals surface area contributed by atoms with E-state index in [-0.39, 0.29) is 17.7 Å². The Bertz CT molecular complexity index is 837. The van der Waals surface area contributed by atoms with Gasteiger partial charge in [-0.05, 0) is 37.1 Å². The number of sulfone groups is 1. The predicted molar refractivity (Wildman–Crippen MR) is 83.5 cm³/mol. The lowest BCUT2D eigenvalue weighted by molar-refractivity contribution is 0.0926. The molecular formula is C16H18N2O3S. The first-order valence-corrected chi connectivity index (χ1v) is 8.80. The van der Waals surface area contributed by atoms with E-state index in [1.807, 2.05) is 24.6 Å². The molecule has 2 aromatic rings. The number of hydrogen-bond donors (Lipinski definition) is 1. The van der Waals surface area contributed by atoms with E-state index in [0.717, 1.165) is 5.69 Å². The van der Waals surface area contributed by atoms with Crippen molar-refractivity contribution in [3.8, 4) is 0 Å². The maximum absolute atomic E-state index is 12.4. The van der Waals surface area contributed by atoms with Gasteiger partial charge in [-0.25, -0.2) is 8.42 Å². The van der Waals surface area contributed by atoms with Crippen molar-refractivity contribution in [1.82, 2.24) is 9.88 Å². The highest BCUT2D eigenvalue weighted by Crippen LogP contribution is 2.32.